The zero-order valence-corrected chi connectivity index (χ0v) is 21.9. The van der Waals surface area contributed by atoms with Crippen molar-refractivity contribution < 1.29 is 42.4 Å². The monoisotopic (exact) mass is 523 g/mol. The Bertz CT molecular complexity index is 1180. The minimum absolute atomic E-state index is 0.0309. The smallest absolute Gasteiger partial charge is 0.325 e. The second kappa shape index (κ2) is 8.92. The number of aryl methyl sites for hydroxylation is 1. The SMILES string of the molecule is CCOC(=O)C(c1nnc([C@H]2O[C@@H]3OC(C)(C)O[C@@H]3[C@H]3OC(C)(C)O[C@H]32)o1)c1nc(C)c(C(C)=O)s1. The molecule has 3 aliphatic rings. The summed E-state index contributed by atoms with van der Waals surface area (Å²) in [4.78, 5) is 29.8. The molecule has 0 aromatic carbocycles. The van der Waals surface area contributed by atoms with Gasteiger partial charge in [0.25, 0.3) is 0 Å². The van der Waals surface area contributed by atoms with Crippen molar-refractivity contribution in [2.24, 2.45) is 0 Å². The van der Waals surface area contributed by atoms with Crippen molar-refractivity contribution >= 4 is 23.1 Å². The van der Waals surface area contributed by atoms with Gasteiger partial charge >= 0.3 is 5.97 Å². The largest absolute Gasteiger partial charge is 0.465 e. The van der Waals surface area contributed by atoms with E-state index in [1.165, 1.54) is 6.92 Å². The molecule has 196 valence electrons. The summed E-state index contributed by atoms with van der Waals surface area (Å²) in [5, 5.41) is 8.64. The van der Waals surface area contributed by atoms with Gasteiger partial charge in [0.05, 0.1) is 17.2 Å². The molecule has 36 heavy (non-hydrogen) atoms. The van der Waals surface area contributed by atoms with E-state index in [-0.39, 0.29) is 24.2 Å². The van der Waals surface area contributed by atoms with Crippen LogP contribution < -0.4 is 0 Å². The Labute approximate surface area is 211 Å². The lowest BCUT2D eigenvalue weighted by Gasteiger charge is -2.35. The predicted octanol–water partition coefficient (Wildman–Crippen LogP) is 2.80. The first-order valence-electron chi connectivity index (χ1n) is 11.7. The molecule has 0 N–H and O–H groups in total. The molecule has 2 aromatic heterocycles. The average molecular weight is 524 g/mol. The van der Waals surface area contributed by atoms with Gasteiger partial charge in [0.15, 0.2) is 35.7 Å². The molecule has 6 atom stereocenters. The Kier molecular flexibility index (Phi) is 6.29. The van der Waals surface area contributed by atoms with Crippen LogP contribution in [0.3, 0.4) is 0 Å². The van der Waals surface area contributed by atoms with Gasteiger partial charge < -0.3 is 32.8 Å². The van der Waals surface area contributed by atoms with Crippen molar-refractivity contribution in [2.75, 3.05) is 6.61 Å². The first kappa shape index (κ1) is 25.4. The Balaban J connectivity index is 1.49. The van der Waals surface area contributed by atoms with Gasteiger partial charge in [-0.1, -0.05) is 0 Å². The number of ether oxygens (including phenoxy) is 6. The first-order chi connectivity index (χ1) is 16.9. The molecule has 0 aliphatic carbocycles. The molecular formula is C23H29N3O9S. The highest BCUT2D eigenvalue weighted by molar-refractivity contribution is 7.14. The number of ketones is 1. The fourth-order valence-electron chi connectivity index (χ4n) is 4.69. The van der Waals surface area contributed by atoms with Crippen molar-refractivity contribution in [3.8, 4) is 0 Å². The van der Waals surface area contributed by atoms with Crippen LogP contribution in [-0.2, 0) is 33.2 Å². The van der Waals surface area contributed by atoms with E-state index in [2.05, 4.69) is 15.2 Å². The van der Waals surface area contributed by atoms with Crippen LogP contribution in [0.5, 0.6) is 0 Å². The second-order valence-electron chi connectivity index (χ2n) is 9.78. The molecule has 3 fully saturated rings. The van der Waals surface area contributed by atoms with E-state index in [0.717, 1.165) is 11.3 Å². The second-order valence-corrected chi connectivity index (χ2v) is 10.8. The maximum Gasteiger partial charge on any atom is 0.325 e. The number of nitrogens with zero attached hydrogens (tertiary/aromatic N) is 3. The molecule has 5 heterocycles. The topological polar surface area (TPSA) is 141 Å². The first-order valence-corrected chi connectivity index (χ1v) is 12.6. The highest BCUT2D eigenvalue weighted by atomic mass is 32.1. The molecule has 0 radical (unpaired) electrons. The van der Waals surface area contributed by atoms with Crippen LogP contribution in [0, 0.1) is 6.92 Å². The number of carbonyl (C=O) groups is 2. The fourth-order valence-corrected chi connectivity index (χ4v) is 5.73. The number of esters is 1. The number of rotatable bonds is 6. The van der Waals surface area contributed by atoms with Gasteiger partial charge in [-0.15, -0.1) is 21.5 Å². The molecule has 0 spiro atoms. The fraction of sp³-hybridized carbons (Fsp3) is 0.696. The Morgan fingerprint density at radius 1 is 1.03 bits per heavy atom. The minimum atomic E-state index is -1.10. The van der Waals surface area contributed by atoms with Crippen molar-refractivity contribution in [3.05, 3.63) is 27.4 Å². The van der Waals surface area contributed by atoms with Crippen molar-refractivity contribution in [1.29, 1.82) is 0 Å². The number of carbonyl (C=O) groups excluding carboxylic acids is 2. The van der Waals surface area contributed by atoms with E-state index in [1.807, 2.05) is 0 Å². The van der Waals surface area contributed by atoms with E-state index in [4.69, 9.17) is 32.8 Å². The molecular weight excluding hydrogens is 494 g/mol. The van der Waals surface area contributed by atoms with Crippen LogP contribution in [0.25, 0.3) is 0 Å². The lowest BCUT2D eigenvalue weighted by atomic mass is 9.99. The van der Waals surface area contributed by atoms with Crippen LogP contribution in [0.15, 0.2) is 4.42 Å². The standard InChI is InChI=1S/C23H29N3O9S/c1-8-29-20(28)11(19-24-9(2)16(36-19)10(3)27)17-25-26-18(31-17)14-12-13(33-22(4,5)32-12)15-21(30-14)35-23(6,7)34-15/h11-15,21H,8H2,1-7H3/t11?,12-,13+,14+,15-,21-/m1/s1. The van der Waals surface area contributed by atoms with Crippen molar-refractivity contribution in [1.82, 2.24) is 15.2 Å². The van der Waals surface area contributed by atoms with Crippen LogP contribution in [-0.4, -0.2) is 69.7 Å². The van der Waals surface area contributed by atoms with Gasteiger partial charge in [-0.25, -0.2) is 4.98 Å². The summed E-state index contributed by atoms with van der Waals surface area (Å²) >= 11 is 1.10. The van der Waals surface area contributed by atoms with E-state index in [9.17, 15) is 9.59 Å². The van der Waals surface area contributed by atoms with Crippen LogP contribution in [0.1, 0.15) is 85.7 Å². The van der Waals surface area contributed by atoms with Gasteiger partial charge in [-0.05, 0) is 41.5 Å². The Morgan fingerprint density at radius 3 is 2.36 bits per heavy atom. The van der Waals surface area contributed by atoms with E-state index < -0.39 is 54.2 Å². The van der Waals surface area contributed by atoms with E-state index in [0.29, 0.717) is 15.6 Å². The molecule has 12 nitrogen and oxygen atoms in total. The lowest BCUT2D eigenvalue weighted by molar-refractivity contribution is -0.241. The van der Waals surface area contributed by atoms with Crippen LogP contribution >= 0.6 is 11.3 Å². The summed E-state index contributed by atoms with van der Waals surface area (Å²) in [5.74, 6) is -3.59. The molecule has 5 rings (SSSR count). The molecule has 13 heteroatoms. The Morgan fingerprint density at radius 2 is 1.69 bits per heavy atom. The number of fused-ring (bicyclic) bond motifs is 3. The third-order valence-corrected chi connectivity index (χ3v) is 7.33. The van der Waals surface area contributed by atoms with Crippen LogP contribution in [0.2, 0.25) is 0 Å². The zero-order chi connectivity index (χ0) is 26.0. The Hall–Kier alpha value is -2.29. The average Bonchev–Trinajstić information content (AvgIpc) is 3.51. The lowest BCUT2D eigenvalue weighted by Crippen LogP contribution is -2.51. The van der Waals surface area contributed by atoms with Crippen LogP contribution in [0.4, 0.5) is 0 Å². The molecule has 0 bridgehead atoms. The van der Waals surface area contributed by atoms with E-state index >= 15 is 0 Å². The third kappa shape index (κ3) is 4.48. The van der Waals surface area contributed by atoms with Gasteiger partial charge in [0, 0.05) is 6.92 Å². The molecule has 2 aromatic rings. The predicted molar refractivity (Wildman–Crippen MR) is 121 cm³/mol. The van der Waals surface area contributed by atoms with Gasteiger partial charge in [0.2, 0.25) is 11.8 Å². The third-order valence-electron chi connectivity index (χ3n) is 6.00. The maximum atomic E-state index is 12.9. The van der Waals surface area contributed by atoms with Crippen molar-refractivity contribution in [3.63, 3.8) is 0 Å². The minimum Gasteiger partial charge on any atom is -0.465 e. The van der Waals surface area contributed by atoms with Crippen molar-refractivity contribution in [2.45, 2.75) is 96.7 Å². The molecule has 0 amide bonds. The normalized spacial score (nSPS) is 31.0. The highest BCUT2D eigenvalue weighted by Gasteiger charge is 2.62. The summed E-state index contributed by atoms with van der Waals surface area (Å²) in [5.41, 5.74) is 0.515. The summed E-state index contributed by atoms with van der Waals surface area (Å²) < 4.78 is 41.6. The molecule has 3 saturated heterocycles. The molecule has 3 aliphatic heterocycles. The highest BCUT2D eigenvalue weighted by Crippen LogP contribution is 2.48. The van der Waals surface area contributed by atoms with E-state index in [1.54, 1.807) is 41.5 Å². The summed E-state index contributed by atoms with van der Waals surface area (Å²) in [6, 6.07) is 0. The maximum absolute atomic E-state index is 12.9. The number of aromatic nitrogens is 3. The number of Topliss-reactive ketones (excluding diaryl/α,β-unsaturated/α-hetero) is 1. The summed E-state index contributed by atoms with van der Waals surface area (Å²) in [7, 11) is 0. The van der Waals surface area contributed by atoms with Gasteiger partial charge in [-0.3, -0.25) is 9.59 Å². The zero-order valence-electron chi connectivity index (χ0n) is 21.1. The number of hydrogen-bond acceptors (Lipinski definition) is 13. The molecule has 1 unspecified atom stereocenters. The summed E-state index contributed by atoms with van der Waals surface area (Å²) in [6.07, 6.45) is -3.24. The summed E-state index contributed by atoms with van der Waals surface area (Å²) in [6.45, 7) is 12.2. The quantitative estimate of drug-likeness (QED) is 0.406. The van der Waals surface area contributed by atoms with Gasteiger partial charge in [0.1, 0.15) is 23.3 Å². The number of thiazole rings is 1. The van der Waals surface area contributed by atoms with Gasteiger partial charge in [-0.2, -0.15) is 0 Å². The molecule has 0 saturated carbocycles. The number of hydrogen-bond donors (Lipinski definition) is 0.